The predicted molar refractivity (Wildman–Crippen MR) is 159 cm³/mol. The summed E-state index contributed by atoms with van der Waals surface area (Å²) < 4.78 is 68.9. The molecule has 2 bridgehead atoms. The smallest absolute Gasteiger partial charge is 0.259 e. The average Bonchev–Trinajstić information content (AvgIpc) is 3.72. The van der Waals surface area contributed by atoms with Gasteiger partial charge >= 0.3 is 0 Å². The molecule has 4 aliphatic rings. The second-order valence-electron chi connectivity index (χ2n) is 13.2. The van der Waals surface area contributed by atoms with E-state index in [4.69, 9.17) is 16.3 Å². The molecule has 6 nitrogen and oxygen atoms in total. The summed E-state index contributed by atoms with van der Waals surface area (Å²) in [6.07, 6.45) is 3.39. The fourth-order valence-electron chi connectivity index (χ4n) is 7.23. The normalized spacial score (nSPS) is 27.2. The maximum absolute atomic E-state index is 16.6. The number of fused-ring (bicyclic) bond motifs is 3. The molecule has 0 spiro atoms. The van der Waals surface area contributed by atoms with Crippen molar-refractivity contribution >= 4 is 28.2 Å². The first kappa shape index (κ1) is 28.9. The summed E-state index contributed by atoms with van der Waals surface area (Å²) in [4.78, 5) is 8.40. The minimum atomic E-state index is -2.95. The number of pyridine rings is 1. The van der Waals surface area contributed by atoms with E-state index in [0.29, 0.717) is 24.3 Å². The monoisotopic (exact) mass is 618 g/mol. The third-order valence-electron chi connectivity index (χ3n) is 9.73. The lowest BCUT2D eigenvalue weighted by Crippen LogP contribution is -2.55. The molecule has 3 saturated heterocycles. The number of hydrogen-bond donors (Lipinski definition) is 2. The Morgan fingerprint density at radius 1 is 1.09 bits per heavy atom. The number of nitrogens with one attached hydrogen (secondary N) is 1. The maximum Gasteiger partial charge on any atom is 0.259 e. The van der Waals surface area contributed by atoms with E-state index >= 15 is 17.6 Å². The lowest BCUT2D eigenvalue weighted by Gasteiger charge is -2.44. The van der Waals surface area contributed by atoms with Crippen molar-refractivity contribution < 1.29 is 27.4 Å². The van der Waals surface area contributed by atoms with Gasteiger partial charge in [0.1, 0.15) is 23.7 Å². The highest BCUT2D eigenvalue weighted by molar-refractivity contribution is 6.32. The number of halogens is 5. The van der Waals surface area contributed by atoms with Gasteiger partial charge in [0, 0.05) is 61.2 Å². The van der Waals surface area contributed by atoms with Gasteiger partial charge in [-0.25, -0.2) is 22.5 Å². The summed E-state index contributed by atoms with van der Waals surface area (Å²) in [6.45, 7) is 2.86. The van der Waals surface area contributed by atoms with Gasteiger partial charge in [0.25, 0.3) is 5.92 Å². The average molecular weight is 619 g/mol. The van der Waals surface area contributed by atoms with Gasteiger partial charge in [-0.2, -0.15) is 0 Å². The van der Waals surface area contributed by atoms with Crippen LogP contribution in [0, 0.1) is 17.0 Å². The second-order valence-corrected chi connectivity index (χ2v) is 13.6. The Morgan fingerprint density at radius 2 is 1.81 bits per heavy atom. The van der Waals surface area contributed by atoms with Crippen LogP contribution in [-0.4, -0.2) is 72.8 Å². The second kappa shape index (κ2) is 10.4. The quantitative estimate of drug-likeness (QED) is 0.300. The number of phenols is 1. The zero-order chi connectivity index (χ0) is 30.3. The molecular formula is C32H35ClF4N4O2. The molecule has 3 atom stereocenters. The Hall–Kier alpha value is -2.82. The number of nitrogens with zero attached hydrogens (tertiary/aromatic N) is 3. The summed E-state index contributed by atoms with van der Waals surface area (Å²) >= 11 is 6.47. The predicted octanol–water partition coefficient (Wildman–Crippen LogP) is 6.71. The van der Waals surface area contributed by atoms with Gasteiger partial charge in [-0.15, -0.1) is 0 Å². The largest absolute Gasteiger partial charge is 0.508 e. The van der Waals surface area contributed by atoms with Crippen LogP contribution in [0.2, 0.25) is 5.02 Å². The molecular weight excluding hydrogens is 584 g/mol. The number of anilines is 1. The molecule has 0 radical (unpaired) electrons. The number of alkyl halides is 2. The summed E-state index contributed by atoms with van der Waals surface area (Å²) in [5.41, 5.74) is -0.577. The van der Waals surface area contributed by atoms with E-state index in [1.807, 2.05) is 4.90 Å². The van der Waals surface area contributed by atoms with Gasteiger partial charge in [0.15, 0.2) is 5.82 Å². The van der Waals surface area contributed by atoms with E-state index in [-0.39, 0.29) is 82.8 Å². The van der Waals surface area contributed by atoms with Crippen molar-refractivity contribution in [2.24, 2.45) is 5.41 Å². The van der Waals surface area contributed by atoms with E-state index in [9.17, 15) is 5.11 Å². The van der Waals surface area contributed by atoms with Crippen molar-refractivity contribution in [1.29, 1.82) is 0 Å². The SMILES string of the molecule is CN1CCC(F)(F)C(C)(COc2cc(N3C[C@H]4CC[C@@H](C3)N4)c3cc(F)c(-c4cc(O)cc(Cl)c4C4CC4)c(F)c3n2)C1. The number of hydrogen-bond acceptors (Lipinski definition) is 6. The Morgan fingerprint density at radius 3 is 2.51 bits per heavy atom. The van der Waals surface area contributed by atoms with Crippen molar-refractivity contribution in [2.45, 2.75) is 63.0 Å². The summed E-state index contributed by atoms with van der Waals surface area (Å²) in [7, 11) is 1.80. The van der Waals surface area contributed by atoms with E-state index < -0.39 is 23.0 Å². The maximum atomic E-state index is 16.6. The molecule has 1 unspecified atom stereocenters. The molecule has 1 aliphatic carbocycles. The molecule has 4 fully saturated rings. The summed E-state index contributed by atoms with van der Waals surface area (Å²) in [5, 5.41) is 14.4. The minimum absolute atomic E-state index is 0.00597. The first-order chi connectivity index (χ1) is 20.4. The third kappa shape index (κ3) is 5.09. The molecule has 11 heteroatoms. The van der Waals surface area contributed by atoms with Crippen molar-refractivity contribution in [1.82, 2.24) is 15.2 Å². The number of aromatic nitrogens is 1. The summed E-state index contributed by atoms with van der Waals surface area (Å²) in [5.74, 6) is -4.80. The van der Waals surface area contributed by atoms with E-state index in [0.717, 1.165) is 25.7 Å². The van der Waals surface area contributed by atoms with Gasteiger partial charge < -0.3 is 25.0 Å². The minimum Gasteiger partial charge on any atom is -0.508 e. The third-order valence-corrected chi connectivity index (χ3v) is 10.0. The molecule has 3 aromatic rings. The van der Waals surface area contributed by atoms with Crippen molar-refractivity contribution in [3.05, 3.63) is 46.5 Å². The van der Waals surface area contributed by atoms with Crippen LogP contribution >= 0.6 is 11.6 Å². The molecule has 0 amide bonds. The Kier molecular flexibility index (Phi) is 6.98. The number of rotatable bonds is 6. The van der Waals surface area contributed by atoms with Crippen LogP contribution < -0.4 is 15.0 Å². The molecule has 3 aliphatic heterocycles. The van der Waals surface area contributed by atoms with Gasteiger partial charge in [-0.3, -0.25) is 0 Å². The van der Waals surface area contributed by atoms with Crippen LogP contribution in [0.15, 0.2) is 24.3 Å². The van der Waals surface area contributed by atoms with Crippen LogP contribution in [0.3, 0.4) is 0 Å². The van der Waals surface area contributed by atoms with E-state index in [1.165, 1.54) is 25.1 Å². The standard InChI is InChI=1S/C32H35ClF4N4O2/c1-31(15-40(2)8-7-32(31,36)37)16-43-26-12-25(41-13-18-5-6-19(14-41)38-18)21-11-24(34)28(29(35)30(21)39-26)22-9-20(42)10-23(33)27(22)17-3-4-17/h9-12,17-19,38,42H,3-8,13-16H2,1-2H3/t18-,19+,31?. The van der Waals surface area contributed by atoms with Crippen LogP contribution in [0.5, 0.6) is 11.6 Å². The van der Waals surface area contributed by atoms with Gasteiger partial charge in [0.2, 0.25) is 5.88 Å². The Bertz CT molecular complexity index is 1590. The van der Waals surface area contributed by atoms with Gasteiger partial charge in [-0.1, -0.05) is 11.6 Å². The van der Waals surface area contributed by atoms with Crippen molar-refractivity contribution in [3.8, 4) is 22.8 Å². The molecule has 7 rings (SSSR count). The molecule has 2 aromatic carbocycles. The van der Waals surface area contributed by atoms with E-state index in [2.05, 4.69) is 15.2 Å². The zero-order valence-corrected chi connectivity index (χ0v) is 25.0. The number of phenolic OH excluding ortho intramolecular Hbond substituents is 1. The Labute approximate surface area is 253 Å². The van der Waals surface area contributed by atoms with Crippen molar-refractivity contribution in [2.75, 3.05) is 44.7 Å². The fourth-order valence-corrected chi connectivity index (χ4v) is 7.60. The van der Waals surface area contributed by atoms with Crippen LogP contribution in [-0.2, 0) is 0 Å². The molecule has 230 valence electrons. The topological polar surface area (TPSA) is 60.9 Å². The van der Waals surface area contributed by atoms with Crippen molar-refractivity contribution in [3.63, 3.8) is 0 Å². The van der Waals surface area contributed by atoms with Crippen LogP contribution in [0.1, 0.15) is 50.5 Å². The van der Waals surface area contributed by atoms with Gasteiger partial charge in [-0.05, 0) is 74.9 Å². The lowest BCUT2D eigenvalue weighted by atomic mass is 9.79. The number of aromatic hydroxyl groups is 1. The number of ether oxygens (including phenoxy) is 1. The number of piperidine rings is 1. The highest BCUT2D eigenvalue weighted by Crippen LogP contribution is 2.51. The number of benzene rings is 2. The van der Waals surface area contributed by atoms with Gasteiger partial charge in [0.05, 0.1) is 16.7 Å². The summed E-state index contributed by atoms with van der Waals surface area (Å²) in [6, 6.07) is 6.11. The highest BCUT2D eigenvalue weighted by Gasteiger charge is 2.53. The molecule has 4 heterocycles. The first-order valence-electron chi connectivity index (χ1n) is 15.0. The lowest BCUT2D eigenvalue weighted by molar-refractivity contribution is -0.168. The molecule has 2 N–H and O–H groups in total. The number of likely N-dealkylation sites (tertiary alicyclic amines) is 1. The Balaban J connectivity index is 1.36. The molecule has 43 heavy (non-hydrogen) atoms. The van der Waals surface area contributed by atoms with Crippen LogP contribution in [0.25, 0.3) is 22.0 Å². The molecule has 1 aromatic heterocycles. The highest BCUT2D eigenvalue weighted by atomic mass is 35.5. The number of piperazine rings is 1. The molecule has 1 saturated carbocycles. The van der Waals surface area contributed by atoms with E-state index in [1.54, 1.807) is 13.1 Å². The first-order valence-corrected chi connectivity index (χ1v) is 15.4. The zero-order valence-electron chi connectivity index (χ0n) is 24.2. The van der Waals surface area contributed by atoms with Crippen LogP contribution in [0.4, 0.5) is 23.2 Å². The fraction of sp³-hybridized carbons (Fsp3) is 0.531.